The van der Waals surface area contributed by atoms with E-state index >= 15 is 0 Å². The molecule has 0 unspecified atom stereocenters. The van der Waals surface area contributed by atoms with Gasteiger partial charge in [-0.05, 0) is 12.1 Å². The summed E-state index contributed by atoms with van der Waals surface area (Å²) in [5.41, 5.74) is -0.174. The van der Waals surface area contributed by atoms with Crippen LogP contribution in [0.5, 0.6) is 0 Å². The second-order valence-corrected chi connectivity index (χ2v) is 3.86. The molecule has 0 saturated carbocycles. The van der Waals surface area contributed by atoms with Gasteiger partial charge in [-0.15, -0.1) is 0 Å². The van der Waals surface area contributed by atoms with Crippen LogP contribution in [-0.2, 0) is 10.0 Å². The summed E-state index contributed by atoms with van der Waals surface area (Å²) in [5.74, 6) is 0. The summed E-state index contributed by atoms with van der Waals surface area (Å²) in [6, 6.07) is 4.35. The van der Waals surface area contributed by atoms with E-state index in [0.29, 0.717) is 0 Å². The van der Waals surface area contributed by atoms with Crippen molar-refractivity contribution in [3.63, 3.8) is 0 Å². The molecule has 0 aliphatic heterocycles. The number of hydrogen-bond acceptors (Lipinski definition) is 4. The van der Waals surface area contributed by atoms with Gasteiger partial charge in [-0.2, -0.15) is 0 Å². The Morgan fingerprint density at radius 2 is 1.64 bits per heavy atom. The number of nitrogens with two attached hydrogens (primary N) is 1. The summed E-state index contributed by atoms with van der Waals surface area (Å²) in [7, 11) is -3.77. The van der Waals surface area contributed by atoms with Crippen LogP contribution < -0.4 is 5.14 Å². The second-order valence-electron chi connectivity index (χ2n) is 2.30. The summed E-state index contributed by atoms with van der Waals surface area (Å²) >= 11 is 0. The number of non-ortho nitro benzene ring substituents is 1. The molecule has 0 aromatic heterocycles. The normalized spacial score (nSPS) is 10.4. The molecule has 0 fully saturated rings. The number of sulfonamides is 1. The van der Waals surface area contributed by atoms with Gasteiger partial charge in [0.05, 0.1) is 9.82 Å². The zero-order valence-corrected chi connectivity index (χ0v) is 7.19. The zero-order valence-electron chi connectivity index (χ0n) is 6.38. The molecule has 14 heavy (non-hydrogen) atoms. The van der Waals surface area contributed by atoms with Gasteiger partial charge < -0.3 is 0 Å². The fourth-order valence-electron chi connectivity index (χ4n) is 0.758. The van der Waals surface area contributed by atoms with Crippen LogP contribution in [0.25, 0.3) is 0 Å². The minimum absolute atomic E-state index is 0. The predicted octanol–water partition coefficient (Wildman–Crippen LogP) is -0.406. The van der Waals surface area contributed by atoms with Crippen molar-refractivity contribution in [3.8, 4) is 0 Å². The molecule has 1 aromatic carbocycles. The SMILES string of the molecule is NS(=O)(=O)c1ccc([N+](=O)[O-])cc1.[NaH]. The van der Waals surface area contributed by atoms with Crippen LogP contribution in [0.2, 0.25) is 0 Å². The molecule has 72 valence electrons. The molecule has 0 spiro atoms. The van der Waals surface area contributed by atoms with Crippen molar-refractivity contribution < 1.29 is 13.3 Å². The molecular formula is C6H7N2NaO4S. The summed E-state index contributed by atoms with van der Waals surface area (Å²) in [5, 5.41) is 15.0. The first kappa shape index (κ1) is 13.5. The maximum atomic E-state index is 10.7. The molecule has 1 aromatic rings. The molecule has 0 aliphatic carbocycles. The fraction of sp³-hybridized carbons (Fsp3) is 0. The van der Waals surface area contributed by atoms with E-state index in [2.05, 4.69) is 0 Å². The van der Waals surface area contributed by atoms with Crippen LogP contribution >= 0.6 is 0 Å². The van der Waals surface area contributed by atoms with Gasteiger partial charge in [-0.25, -0.2) is 13.6 Å². The van der Waals surface area contributed by atoms with Gasteiger partial charge in [0.25, 0.3) is 5.69 Å². The van der Waals surface area contributed by atoms with E-state index in [1.54, 1.807) is 0 Å². The molecule has 0 radical (unpaired) electrons. The third-order valence-electron chi connectivity index (χ3n) is 1.38. The Balaban J connectivity index is 0.00000169. The summed E-state index contributed by atoms with van der Waals surface area (Å²) in [6.45, 7) is 0. The van der Waals surface area contributed by atoms with Crippen molar-refractivity contribution in [2.75, 3.05) is 0 Å². The molecule has 0 atom stereocenters. The third kappa shape index (κ3) is 3.35. The molecule has 0 bridgehead atoms. The van der Waals surface area contributed by atoms with E-state index in [1.165, 1.54) is 0 Å². The van der Waals surface area contributed by atoms with Gasteiger partial charge >= 0.3 is 29.6 Å². The van der Waals surface area contributed by atoms with E-state index < -0.39 is 14.9 Å². The number of benzene rings is 1. The van der Waals surface area contributed by atoms with Crippen molar-refractivity contribution in [1.29, 1.82) is 0 Å². The Hall–Kier alpha value is -0.470. The van der Waals surface area contributed by atoms with Gasteiger partial charge in [0, 0.05) is 12.1 Å². The van der Waals surface area contributed by atoms with E-state index in [9.17, 15) is 18.5 Å². The van der Waals surface area contributed by atoms with Crippen LogP contribution in [0.1, 0.15) is 0 Å². The van der Waals surface area contributed by atoms with E-state index in [0.717, 1.165) is 24.3 Å². The molecule has 0 heterocycles. The van der Waals surface area contributed by atoms with Crippen molar-refractivity contribution in [1.82, 2.24) is 0 Å². The second kappa shape index (κ2) is 4.85. The van der Waals surface area contributed by atoms with Crippen molar-refractivity contribution in [2.24, 2.45) is 5.14 Å². The Labute approximate surface area is 103 Å². The molecule has 6 nitrogen and oxygen atoms in total. The van der Waals surface area contributed by atoms with Crippen LogP contribution in [0.15, 0.2) is 29.2 Å². The van der Waals surface area contributed by atoms with E-state index in [1.807, 2.05) is 0 Å². The van der Waals surface area contributed by atoms with Crippen molar-refractivity contribution >= 4 is 45.3 Å². The van der Waals surface area contributed by atoms with Gasteiger partial charge in [-0.3, -0.25) is 10.1 Å². The molecule has 0 amide bonds. The first-order chi connectivity index (χ1) is 5.91. The standard InChI is InChI=1S/C6H6N2O4S.Na.H/c7-13(11,12)6-3-1-5(2-4-6)8(9)10;;/h1-4H,(H2,7,11,12);;. The van der Waals surface area contributed by atoms with E-state index in [-0.39, 0.29) is 40.1 Å². The van der Waals surface area contributed by atoms with E-state index in [4.69, 9.17) is 5.14 Å². The summed E-state index contributed by atoms with van der Waals surface area (Å²) in [6.07, 6.45) is 0. The third-order valence-corrected chi connectivity index (χ3v) is 2.31. The van der Waals surface area contributed by atoms with Crippen LogP contribution in [0.4, 0.5) is 5.69 Å². The number of nitrogens with zero attached hydrogens (tertiary/aromatic N) is 1. The Morgan fingerprint density at radius 1 is 1.21 bits per heavy atom. The average molecular weight is 226 g/mol. The summed E-state index contributed by atoms with van der Waals surface area (Å²) < 4.78 is 21.4. The minimum atomic E-state index is -3.77. The predicted molar refractivity (Wildman–Crippen MR) is 51.6 cm³/mol. The molecule has 8 heteroatoms. The Bertz CT molecular complexity index is 428. The molecular weight excluding hydrogens is 219 g/mol. The van der Waals surface area contributed by atoms with Crippen molar-refractivity contribution in [2.45, 2.75) is 4.90 Å². The molecule has 2 N–H and O–H groups in total. The fourth-order valence-corrected chi connectivity index (χ4v) is 1.27. The Kier molecular flexibility index (Phi) is 4.69. The van der Waals surface area contributed by atoms with Crippen LogP contribution in [0.3, 0.4) is 0 Å². The van der Waals surface area contributed by atoms with Gasteiger partial charge in [0.2, 0.25) is 10.0 Å². The van der Waals surface area contributed by atoms with Gasteiger partial charge in [-0.1, -0.05) is 0 Å². The quantitative estimate of drug-likeness (QED) is 0.420. The number of nitro groups is 1. The number of primary sulfonamides is 1. The monoisotopic (exact) mass is 226 g/mol. The molecule has 0 saturated heterocycles. The van der Waals surface area contributed by atoms with Crippen LogP contribution in [-0.4, -0.2) is 42.9 Å². The van der Waals surface area contributed by atoms with Crippen LogP contribution in [0, 0.1) is 10.1 Å². The Morgan fingerprint density at radius 3 is 1.93 bits per heavy atom. The van der Waals surface area contributed by atoms with Gasteiger partial charge in [0.15, 0.2) is 0 Å². The summed E-state index contributed by atoms with van der Waals surface area (Å²) in [4.78, 5) is 9.43. The van der Waals surface area contributed by atoms with Crippen molar-refractivity contribution in [3.05, 3.63) is 34.4 Å². The number of nitro benzene ring substituents is 1. The topological polar surface area (TPSA) is 103 Å². The first-order valence-corrected chi connectivity index (χ1v) is 4.73. The average Bonchev–Trinajstić information content (AvgIpc) is 2.03. The zero-order chi connectivity index (χ0) is 10.1. The first-order valence-electron chi connectivity index (χ1n) is 3.18. The molecule has 0 aliphatic rings. The molecule has 1 rings (SSSR count). The number of hydrogen-bond donors (Lipinski definition) is 1. The number of rotatable bonds is 2. The van der Waals surface area contributed by atoms with Gasteiger partial charge in [0.1, 0.15) is 0 Å². The maximum absolute atomic E-state index is 10.7.